The van der Waals surface area contributed by atoms with E-state index in [0.717, 1.165) is 117 Å². The highest BCUT2D eigenvalue weighted by atomic mass is 14.8. The van der Waals surface area contributed by atoms with Crippen molar-refractivity contribution < 1.29 is 0 Å². The van der Waals surface area contributed by atoms with Crippen LogP contribution >= 0.6 is 0 Å². The van der Waals surface area contributed by atoms with Crippen molar-refractivity contribution in [3.8, 4) is 44.9 Å². The molecule has 1 unspecified atom stereocenters. The molecule has 2 aliphatic rings. The van der Waals surface area contributed by atoms with Gasteiger partial charge in [0.15, 0.2) is 0 Å². The van der Waals surface area contributed by atoms with Crippen LogP contribution in [0.5, 0.6) is 0 Å². The van der Waals surface area contributed by atoms with Crippen LogP contribution < -0.4 is 0 Å². The lowest BCUT2D eigenvalue weighted by molar-refractivity contribution is 0.724. The van der Waals surface area contributed by atoms with Gasteiger partial charge >= 0.3 is 0 Å². The molecule has 0 saturated heterocycles. The zero-order valence-electron chi connectivity index (χ0n) is 39.5. The number of pyridine rings is 6. The average molecular weight is 931 g/mol. The molecule has 2 aliphatic carbocycles. The fraction of sp³-hybridized carbons (Fsp3) is 0.0448. The molecule has 73 heavy (non-hydrogen) atoms. The minimum atomic E-state index is -0.826. The van der Waals surface area contributed by atoms with Crippen molar-refractivity contribution in [3.63, 3.8) is 0 Å². The molecule has 0 amide bonds. The molecule has 0 radical (unpaired) electrons. The van der Waals surface area contributed by atoms with Gasteiger partial charge < -0.3 is 0 Å². The van der Waals surface area contributed by atoms with E-state index in [1.165, 1.54) is 27.8 Å². The zero-order valence-corrected chi connectivity index (χ0v) is 39.5. The van der Waals surface area contributed by atoms with E-state index in [1.807, 2.05) is 36.9 Å². The van der Waals surface area contributed by atoms with Gasteiger partial charge in [-0.2, -0.15) is 0 Å². The van der Waals surface area contributed by atoms with E-state index in [9.17, 15) is 0 Å². The molecule has 0 spiro atoms. The fourth-order valence-electron chi connectivity index (χ4n) is 12.0. The van der Waals surface area contributed by atoms with E-state index in [2.05, 4.69) is 200 Å². The van der Waals surface area contributed by atoms with Crippen LogP contribution in [0.2, 0.25) is 0 Å². The Morgan fingerprint density at radius 3 is 1.60 bits per heavy atom. The van der Waals surface area contributed by atoms with Crippen LogP contribution in [0.3, 0.4) is 0 Å². The van der Waals surface area contributed by atoms with Crippen molar-refractivity contribution in [1.29, 1.82) is 0 Å². The van der Waals surface area contributed by atoms with Crippen LogP contribution in [0.25, 0.3) is 110 Å². The standard InChI is InChI=1S/C67H42N6/c1-3-17-53-41(9-1)31-35-70-61(53)49-23-27-55-56-28-24-50(62-54-18-4-2-10-42(54)32-36-71-62)40-58(56)67(57(55)39-49,51-15-5-11-47(37-51)59-29-25-45-21-19-43-13-7-33-68-63(43)65(45)72-59)52-16-6-12-48(38-52)60-30-26-46-22-20-44-14-8-34-69-64(44)66(46)73-60/h1-11,13-40,48H,12H2. The molecule has 15 rings (SSSR count). The van der Waals surface area contributed by atoms with Gasteiger partial charge in [0.2, 0.25) is 0 Å². The lowest BCUT2D eigenvalue weighted by atomic mass is 9.64. The van der Waals surface area contributed by atoms with Crippen molar-refractivity contribution in [2.24, 2.45) is 0 Å². The zero-order chi connectivity index (χ0) is 48.0. The molecule has 0 aliphatic heterocycles. The highest BCUT2D eigenvalue weighted by molar-refractivity contribution is 6.05. The summed E-state index contributed by atoms with van der Waals surface area (Å²) in [4.78, 5) is 30.7. The van der Waals surface area contributed by atoms with Crippen molar-refractivity contribution in [2.75, 3.05) is 0 Å². The van der Waals surface area contributed by atoms with E-state index < -0.39 is 5.41 Å². The SMILES string of the molecule is C1=CC(C2(c3cccc(-c4ccc5ccc6cccnc6c5n4)c3)c3cc(-c4nccc5ccccc45)ccc3-c3ccc(-c4nccc5ccccc45)cc32)=CC(c2ccc3ccc4cccnc4c3n2)C1. The summed E-state index contributed by atoms with van der Waals surface area (Å²) in [6.45, 7) is 0. The first-order chi connectivity index (χ1) is 36.2. The monoisotopic (exact) mass is 930 g/mol. The molecule has 0 fully saturated rings. The van der Waals surface area contributed by atoms with E-state index >= 15 is 0 Å². The van der Waals surface area contributed by atoms with Crippen LogP contribution in [-0.4, -0.2) is 29.9 Å². The van der Waals surface area contributed by atoms with Gasteiger partial charge in [-0.25, -0.2) is 9.97 Å². The summed E-state index contributed by atoms with van der Waals surface area (Å²) in [5, 5.41) is 8.81. The summed E-state index contributed by atoms with van der Waals surface area (Å²) >= 11 is 0. The van der Waals surface area contributed by atoms with Crippen molar-refractivity contribution in [3.05, 3.63) is 265 Å². The van der Waals surface area contributed by atoms with Gasteiger partial charge in [0, 0.05) is 85.4 Å². The molecule has 0 N–H and O–H groups in total. The molecule has 6 heteroatoms. The van der Waals surface area contributed by atoms with Crippen LogP contribution in [0.4, 0.5) is 0 Å². The van der Waals surface area contributed by atoms with Crippen molar-refractivity contribution in [2.45, 2.75) is 17.8 Å². The number of rotatable bonds is 6. The van der Waals surface area contributed by atoms with Crippen LogP contribution in [0.1, 0.15) is 34.7 Å². The fourth-order valence-corrected chi connectivity index (χ4v) is 12.0. The Hall–Kier alpha value is -9.52. The van der Waals surface area contributed by atoms with E-state index in [4.69, 9.17) is 29.9 Å². The maximum atomic E-state index is 5.47. The van der Waals surface area contributed by atoms with E-state index in [1.54, 1.807) is 0 Å². The maximum Gasteiger partial charge on any atom is 0.0972 e. The summed E-state index contributed by atoms with van der Waals surface area (Å²) in [6.07, 6.45) is 15.6. The summed E-state index contributed by atoms with van der Waals surface area (Å²) in [6, 6.07) is 69.8. The number of hydrogen-bond acceptors (Lipinski definition) is 6. The molecule has 0 bridgehead atoms. The molecule has 1 atom stereocenters. The van der Waals surface area contributed by atoms with Crippen LogP contribution in [0, 0.1) is 0 Å². The number of hydrogen-bond donors (Lipinski definition) is 0. The summed E-state index contributed by atoms with van der Waals surface area (Å²) in [5.41, 5.74) is 16.8. The van der Waals surface area contributed by atoms with Gasteiger partial charge in [-0.15, -0.1) is 0 Å². The van der Waals surface area contributed by atoms with Crippen molar-refractivity contribution >= 4 is 65.2 Å². The molecule has 13 aromatic rings. The predicted octanol–water partition coefficient (Wildman–Crippen LogP) is 16.0. The molecule has 0 saturated carbocycles. The Bertz CT molecular complexity index is 4370. The number of benzene rings is 7. The largest absolute Gasteiger partial charge is 0.256 e. The third-order valence-corrected chi connectivity index (χ3v) is 15.4. The Kier molecular flexibility index (Phi) is 9.20. The van der Waals surface area contributed by atoms with E-state index in [-0.39, 0.29) is 5.92 Å². The van der Waals surface area contributed by atoms with Gasteiger partial charge in [0.25, 0.3) is 0 Å². The average Bonchev–Trinajstić information content (AvgIpc) is 3.76. The van der Waals surface area contributed by atoms with Gasteiger partial charge in [0.1, 0.15) is 0 Å². The first-order valence-electron chi connectivity index (χ1n) is 24.9. The number of allylic oxidation sites excluding steroid dienone is 4. The summed E-state index contributed by atoms with van der Waals surface area (Å²) < 4.78 is 0. The summed E-state index contributed by atoms with van der Waals surface area (Å²) in [7, 11) is 0. The Balaban J connectivity index is 1.02. The Morgan fingerprint density at radius 2 is 0.959 bits per heavy atom. The number of aromatic nitrogens is 6. The number of nitrogens with zero attached hydrogens (tertiary/aromatic N) is 6. The normalized spacial score (nSPS) is 14.8. The highest BCUT2D eigenvalue weighted by Crippen LogP contribution is 2.59. The van der Waals surface area contributed by atoms with Crippen LogP contribution in [0.15, 0.2) is 243 Å². The van der Waals surface area contributed by atoms with Gasteiger partial charge in [0.05, 0.1) is 44.6 Å². The van der Waals surface area contributed by atoms with Gasteiger partial charge in [-0.05, 0) is 105 Å². The molecule has 7 aromatic carbocycles. The highest BCUT2D eigenvalue weighted by Gasteiger charge is 2.48. The quantitative estimate of drug-likeness (QED) is 0.155. The lowest BCUT2D eigenvalue weighted by Crippen LogP contribution is -2.30. The van der Waals surface area contributed by atoms with Gasteiger partial charge in [-0.3, -0.25) is 19.9 Å². The summed E-state index contributed by atoms with van der Waals surface area (Å²) in [5.74, 6) is -0.0234. The van der Waals surface area contributed by atoms with Crippen LogP contribution in [-0.2, 0) is 5.41 Å². The minimum absolute atomic E-state index is 0.0234. The first-order valence-corrected chi connectivity index (χ1v) is 24.9. The molecule has 340 valence electrons. The van der Waals surface area contributed by atoms with Crippen molar-refractivity contribution in [1.82, 2.24) is 29.9 Å². The molecule has 6 nitrogen and oxygen atoms in total. The molecule has 6 heterocycles. The predicted molar refractivity (Wildman–Crippen MR) is 297 cm³/mol. The van der Waals surface area contributed by atoms with E-state index in [0.29, 0.717) is 0 Å². The Morgan fingerprint density at radius 1 is 0.397 bits per heavy atom. The van der Waals surface area contributed by atoms with Gasteiger partial charge in [-0.1, -0.05) is 158 Å². The molecular formula is C67H42N6. The lowest BCUT2D eigenvalue weighted by Gasteiger charge is -2.37. The second-order valence-corrected chi connectivity index (χ2v) is 19.3. The third-order valence-electron chi connectivity index (χ3n) is 15.4. The maximum absolute atomic E-state index is 5.47. The molecular weight excluding hydrogens is 889 g/mol. The second kappa shape index (κ2) is 16.3. The number of fused-ring (bicyclic) bond motifs is 11. The second-order valence-electron chi connectivity index (χ2n) is 19.3. The first kappa shape index (κ1) is 41.3. The smallest absolute Gasteiger partial charge is 0.0972 e. The Labute approximate surface area is 420 Å². The topological polar surface area (TPSA) is 77.3 Å². The third kappa shape index (κ3) is 6.43. The molecule has 6 aromatic heterocycles. The minimum Gasteiger partial charge on any atom is -0.256 e.